The Bertz CT molecular complexity index is 678. The number of methoxy groups -OCH3 is 1. The maximum atomic E-state index is 12.3. The summed E-state index contributed by atoms with van der Waals surface area (Å²) in [5.41, 5.74) is 0.712. The second-order valence-electron chi connectivity index (χ2n) is 6.09. The highest BCUT2D eigenvalue weighted by Crippen LogP contribution is 2.21. The van der Waals surface area contributed by atoms with Crippen LogP contribution in [0.25, 0.3) is 10.8 Å². The fraction of sp³-hybridized carbons (Fsp3) is 0.421. The van der Waals surface area contributed by atoms with E-state index in [-0.39, 0.29) is 5.91 Å². The molecule has 1 N–H and O–H groups in total. The van der Waals surface area contributed by atoms with Gasteiger partial charge in [0.15, 0.2) is 0 Å². The Hall–Kier alpha value is -2.07. The number of hydrogen-bond donors (Lipinski definition) is 1. The monoisotopic (exact) mass is 312 g/mol. The number of nitrogens with zero attached hydrogens (tertiary/aromatic N) is 1. The Morgan fingerprint density at radius 2 is 1.87 bits per heavy atom. The summed E-state index contributed by atoms with van der Waals surface area (Å²) in [4.78, 5) is 14.7. The summed E-state index contributed by atoms with van der Waals surface area (Å²) in [6.07, 6.45) is 3.64. The Morgan fingerprint density at radius 3 is 2.65 bits per heavy atom. The molecular weight excluding hydrogens is 288 g/mol. The fourth-order valence-corrected chi connectivity index (χ4v) is 3.10. The molecule has 0 bridgehead atoms. The molecular formula is C19H24N2O2. The normalized spacial score (nSPS) is 15.0. The lowest BCUT2D eigenvalue weighted by Crippen LogP contribution is -2.28. The van der Waals surface area contributed by atoms with Crippen molar-refractivity contribution in [1.29, 1.82) is 0 Å². The maximum absolute atomic E-state index is 12.3. The predicted molar refractivity (Wildman–Crippen MR) is 93.1 cm³/mol. The quantitative estimate of drug-likeness (QED) is 0.834. The average molecular weight is 312 g/mol. The summed E-state index contributed by atoms with van der Waals surface area (Å²) >= 11 is 0. The molecule has 3 rings (SSSR count). The van der Waals surface area contributed by atoms with Crippen LogP contribution in [0.15, 0.2) is 36.4 Å². The summed E-state index contributed by atoms with van der Waals surface area (Å²) in [6, 6.07) is 11.7. The number of fused-ring (bicyclic) bond motifs is 1. The Kier molecular flexibility index (Phi) is 5.13. The molecule has 1 heterocycles. The molecule has 0 aliphatic carbocycles. The highest BCUT2D eigenvalue weighted by molar-refractivity contribution is 5.98. The van der Waals surface area contributed by atoms with E-state index in [2.05, 4.69) is 10.2 Å². The van der Waals surface area contributed by atoms with Crippen LogP contribution in [0.2, 0.25) is 0 Å². The minimum absolute atomic E-state index is 0.00383. The molecule has 2 aromatic carbocycles. The van der Waals surface area contributed by atoms with Gasteiger partial charge in [-0.2, -0.15) is 0 Å². The lowest BCUT2D eigenvalue weighted by molar-refractivity contribution is 0.0952. The number of benzene rings is 2. The van der Waals surface area contributed by atoms with Crippen LogP contribution in [0.3, 0.4) is 0 Å². The zero-order chi connectivity index (χ0) is 16.1. The topological polar surface area (TPSA) is 41.6 Å². The van der Waals surface area contributed by atoms with Gasteiger partial charge < -0.3 is 15.0 Å². The van der Waals surface area contributed by atoms with Gasteiger partial charge in [-0.15, -0.1) is 0 Å². The van der Waals surface area contributed by atoms with Crippen LogP contribution in [0.5, 0.6) is 5.75 Å². The number of amides is 1. The van der Waals surface area contributed by atoms with Crippen LogP contribution < -0.4 is 10.1 Å². The van der Waals surface area contributed by atoms with E-state index in [0.717, 1.165) is 36.0 Å². The van der Waals surface area contributed by atoms with E-state index in [9.17, 15) is 4.79 Å². The molecule has 0 radical (unpaired) electrons. The fourth-order valence-electron chi connectivity index (χ4n) is 3.10. The number of carbonyl (C=O) groups is 1. The molecule has 0 atom stereocenters. The standard InChI is InChI=1S/C19H24N2O2/c1-23-18-8-7-15-13-17(6-5-16(15)14-18)19(22)20-9-4-12-21-10-2-3-11-21/h5-8,13-14H,2-4,9-12H2,1H3,(H,20,22). The van der Waals surface area contributed by atoms with Crippen molar-refractivity contribution in [3.05, 3.63) is 42.0 Å². The SMILES string of the molecule is COc1ccc2cc(C(=O)NCCCN3CCCC3)ccc2c1. The van der Waals surface area contributed by atoms with Gasteiger partial charge in [-0.3, -0.25) is 4.79 Å². The van der Waals surface area contributed by atoms with E-state index in [1.165, 1.54) is 25.9 Å². The highest BCUT2D eigenvalue weighted by Gasteiger charge is 2.11. The maximum Gasteiger partial charge on any atom is 0.251 e. The van der Waals surface area contributed by atoms with Gasteiger partial charge in [-0.25, -0.2) is 0 Å². The predicted octanol–water partition coefficient (Wildman–Crippen LogP) is 3.06. The zero-order valence-electron chi connectivity index (χ0n) is 13.7. The van der Waals surface area contributed by atoms with E-state index >= 15 is 0 Å². The first-order valence-corrected chi connectivity index (χ1v) is 8.34. The van der Waals surface area contributed by atoms with Crippen LogP contribution >= 0.6 is 0 Å². The molecule has 0 unspecified atom stereocenters. The summed E-state index contributed by atoms with van der Waals surface area (Å²) in [5, 5.41) is 5.15. The first-order chi connectivity index (χ1) is 11.3. The van der Waals surface area contributed by atoms with Crippen molar-refractivity contribution in [2.75, 3.05) is 33.3 Å². The van der Waals surface area contributed by atoms with Crippen LogP contribution in [0, 0.1) is 0 Å². The zero-order valence-corrected chi connectivity index (χ0v) is 13.7. The van der Waals surface area contributed by atoms with Crippen molar-refractivity contribution >= 4 is 16.7 Å². The summed E-state index contributed by atoms with van der Waals surface area (Å²) in [6.45, 7) is 4.23. The third-order valence-electron chi connectivity index (χ3n) is 4.44. The number of carbonyl (C=O) groups excluding carboxylic acids is 1. The first kappa shape index (κ1) is 15.8. The summed E-state index contributed by atoms with van der Waals surface area (Å²) in [7, 11) is 1.66. The molecule has 0 aromatic heterocycles. The van der Waals surface area contributed by atoms with E-state index in [1.807, 2.05) is 36.4 Å². The molecule has 4 heteroatoms. The molecule has 0 saturated carbocycles. The van der Waals surface area contributed by atoms with Gasteiger partial charge in [0.05, 0.1) is 7.11 Å². The lowest BCUT2D eigenvalue weighted by atomic mass is 10.1. The molecule has 1 amide bonds. The molecule has 0 spiro atoms. The Labute approximate surface area is 137 Å². The molecule has 1 saturated heterocycles. The average Bonchev–Trinajstić information content (AvgIpc) is 3.11. The molecule has 1 fully saturated rings. The second-order valence-corrected chi connectivity index (χ2v) is 6.09. The third-order valence-corrected chi connectivity index (χ3v) is 4.44. The van der Waals surface area contributed by atoms with Crippen LogP contribution in [-0.2, 0) is 0 Å². The van der Waals surface area contributed by atoms with Gasteiger partial charge in [0, 0.05) is 12.1 Å². The molecule has 1 aliphatic rings. The smallest absolute Gasteiger partial charge is 0.251 e. The molecule has 2 aromatic rings. The van der Waals surface area contributed by atoms with Gasteiger partial charge in [0.1, 0.15) is 5.75 Å². The molecule has 4 nitrogen and oxygen atoms in total. The van der Waals surface area contributed by atoms with Gasteiger partial charge in [-0.05, 0) is 73.9 Å². The van der Waals surface area contributed by atoms with Crippen LogP contribution in [-0.4, -0.2) is 44.1 Å². The number of likely N-dealkylation sites (tertiary alicyclic amines) is 1. The van der Waals surface area contributed by atoms with Gasteiger partial charge in [0.25, 0.3) is 5.91 Å². The largest absolute Gasteiger partial charge is 0.497 e. The van der Waals surface area contributed by atoms with Crippen molar-refractivity contribution in [1.82, 2.24) is 10.2 Å². The van der Waals surface area contributed by atoms with E-state index < -0.39 is 0 Å². The first-order valence-electron chi connectivity index (χ1n) is 8.34. The Morgan fingerprint density at radius 1 is 1.13 bits per heavy atom. The third kappa shape index (κ3) is 4.02. The number of nitrogens with one attached hydrogen (secondary N) is 1. The van der Waals surface area contributed by atoms with Gasteiger partial charge >= 0.3 is 0 Å². The molecule has 23 heavy (non-hydrogen) atoms. The van der Waals surface area contributed by atoms with E-state index in [0.29, 0.717) is 5.56 Å². The molecule has 122 valence electrons. The number of rotatable bonds is 6. The van der Waals surface area contributed by atoms with Crippen molar-refractivity contribution < 1.29 is 9.53 Å². The van der Waals surface area contributed by atoms with E-state index in [4.69, 9.17) is 4.74 Å². The summed E-state index contributed by atoms with van der Waals surface area (Å²) < 4.78 is 5.22. The van der Waals surface area contributed by atoms with E-state index in [1.54, 1.807) is 7.11 Å². The van der Waals surface area contributed by atoms with Crippen molar-refractivity contribution in [2.45, 2.75) is 19.3 Å². The number of ether oxygens (including phenoxy) is 1. The lowest BCUT2D eigenvalue weighted by Gasteiger charge is -2.14. The van der Waals surface area contributed by atoms with Gasteiger partial charge in [-0.1, -0.05) is 12.1 Å². The van der Waals surface area contributed by atoms with Crippen molar-refractivity contribution in [3.63, 3.8) is 0 Å². The van der Waals surface area contributed by atoms with Crippen molar-refractivity contribution in [2.24, 2.45) is 0 Å². The number of hydrogen-bond acceptors (Lipinski definition) is 3. The summed E-state index contributed by atoms with van der Waals surface area (Å²) in [5.74, 6) is 0.834. The minimum Gasteiger partial charge on any atom is -0.497 e. The van der Waals surface area contributed by atoms with Crippen LogP contribution in [0.4, 0.5) is 0 Å². The van der Waals surface area contributed by atoms with Crippen molar-refractivity contribution in [3.8, 4) is 5.75 Å². The van der Waals surface area contributed by atoms with Gasteiger partial charge in [0.2, 0.25) is 0 Å². The Balaban J connectivity index is 1.55. The highest BCUT2D eigenvalue weighted by atomic mass is 16.5. The molecule has 1 aliphatic heterocycles. The minimum atomic E-state index is 0.00383. The second kappa shape index (κ2) is 7.47. The van der Waals surface area contributed by atoms with Crippen LogP contribution in [0.1, 0.15) is 29.6 Å².